The van der Waals surface area contributed by atoms with E-state index in [0.717, 1.165) is 5.57 Å². The lowest BCUT2D eigenvalue weighted by Gasteiger charge is -2.13. The predicted octanol–water partition coefficient (Wildman–Crippen LogP) is 1.21. The van der Waals surface area contributed by atoms with Gasteiger partial charge < -0.3 is 14.6 Å². The first-order valence-electron chi connectivity index (χ1n) is 2.94. The molecule has 0 bridgehead atoms. The van der Waals surface area contributed by atoms with Crippen molar-refractivity contribution >= 4 is 0 Å². The Morgan fingerprint density at radius 2 is 2.30 bits per heavy atom. The van der Waals surface area contributed by atoms with Gasteiger partial charge in [0.25, 0.3) is 0 Å². The molecule has 52 valence electrons. The van der Waals surface area contributed by atoms with Crippen molar-refractivity contribution in [3.63, 3.8) is 0 Å². The number of aliphatic hydroxyl groups excluding tert-OH is 1. The van der Waals surface area contributed by atoms with Crippen molar-refractivity contribution in [2.24, 2.45) is 0 Å². The van der Waals surface area contributed by atoms with E-state index in [0.29, 0.717) is 5.76 Å². The van der Waals surface area contributed by atoms with Crippen molar-refractivity contribution in [2.75, 3.05) is 6.79 Å². The fourth-order valence-corrected chi connectivity index (χ4v) is 0.935. The maximum absolute atomic E-state index is 9.10. The Bertz CT molecular complexity index is 248. The van der Waals surface area contributed by atoms with Crippen LogP contribution < -0.4 is 0 Å². The molecule has 0 aromatic heterocycles. The van der Waals surface area contributed by atoms with Crippen LogP contribution in [0.3, 0.4) is 0 Å². The number of aliphatic hydroxyl groups is 1. The predicted molar refractivity (Wildman–Crippen MR) is 33.9 cm³/mol. The summed E-state index contributed by atoms with van der Waals surface area (Å²) in [5, 5.41) is 9.10. The van der Waals surface area contributed by atoms with E-state index in [-0.39, 0.29) is 12.6 Å². The van der Waals surface area contributed by atoms with Gasteiger partial charge in [-0.05, 0) is 12.2 Å². The van der Waals surface area contributed by atoms with Gasteiger partial charge in [0.2, 0.25) is 6.79 Å². The molecule has 0 aromatic rings. The van der Waals surface area contributed by atoms with Crippen molar-refractivity contribution in [1.82, 2.24) is 0 Å². The second-order valence-electron chi connectivity index (χ2n) is 2.05. The Labute approximate surface area is 57.9 Å². The molecule has 3 heteroatoms. The molecule has 1 heterocycles. The van der Waals surface area contributed by atoms with Gasteiger partial charge in [-0.3, -0.25) is 0 Å². The van der Waals surface area contributed by atoms with Crippen molar-refractivity contribution in [2.45, 2.75) is 0 Å². The fraction of sp³-hybridized carbons (Fsp3) is 0.143. The average molecular weight is 138 g/mol. The van der Waals surface area contributed by atoms with Gasteiger partial charge in [-0.25, -0.2) is 0 Å². The van der Waals surface area contributed by atoms with Crippen LogP contribution in [0.15, 0.2) is 35.5 Å². The molecule has 0 spiro atoms. The van der Waals surface area contributed by atoms with E-state index in [1.165, 1.54) is 0 Å². The molecule has 3 nitrogen and oxygen atoms in total. The van der Waals surface area contributed by atoms with Crippen molar-refractivity contribution in [1.29, 1.82) is 0 Å². The van der Waals surface area contributed by atoms with E-state index < -0.39 is 0 Å². The Morgan fingerprint density at radius 3 is 3.10 bits per heavy atom. The van der Waals surface area contributed by atoms with E-state index >= 15 is 0 Å². The molecule has 0 radical (unpaired) electrons. The smallest absolute Gasteiger partial charge is 0.230 e. The van der Waals surface area contributed by atoms with Crippen molar-refractivity contribution in [3.05, 3.63) is 35.5 Å². The van der Waals surface area contributed by atoms with Crippen LogP contribution in [-0.4, -0.2) is 11.9 Å². The van der Waals surface area contributed by atoms with Gasteiger partial charge in [0, 0.05) is 0 Å². The number of fused-ring (bicyclic) bond motifs is 1. The Kier molecular flexibility index (Phi) is 0.974. The first kappa shape index (κ1) is 5.41. The zero-order chi connectivity index (χ0) is 6.97. The molecule has 0 unspecified atom stereocenters. The molecule has 1 N–H and O–H groups in total. The molecular formula is C7H6O3. The minimum absolute atomic E-state index is 0.176. The summed E-state index contributed by atoms with van der Waals surface area (Å²) in [6, 6.07) is 0. The molecule has 1 aliphatic carbocycles. The highest BCUT2D eigenvalue weighted by molar-refractivity contribution is 5.47. The van der Waals surface area contributed by atoms with E-state index in [4.69, 9.17) is 14.6 Å². The van der Waals surface area contributed by atoms with Gasteiger partial charge >= 0.3 is 0 Å². The molecule has 1 aliphatic heterocycles. The topological polar surface area (TPSA) is 38.7 Å². The SMILES string of the molecule is OC1=C2OCOC=C2C=C1. The summed E-state index contributed by atoms with van der Waals surface area (Å²) in [7, 11) is 0. The van der Waals surface area contributed by atoms with Crippen LogP contribution in [-0.2, 0) is 9.47 Å². The lowest BCUT2D eigenvalue weighted by Crippen LogP contribution is -2.04. The van der Waals surface area contributed by atoms with E-state index in [1.54, 1.807) is 18.4 Å². The summed E-state index contributed by atoms with van der Waals surface area (Å²) in [5.74, 6) is 0.695. The van der Waals surface area contributed by atoms with Crippen molar-refractivity contribution < 1.29 is 14.6 Å². The largest absolute Gasteiger partial charge is 0.504 e. The van der Waals surface area contributed by atoms with Crippen molar-refractivity contribution in [3.8, 4) is 0 Å². The molecule has 0 saturated carbocycles. The quantitative estimate of drug-likeness (QED) is 0.546. The molecule has 0 fully saturated rings. The van der Waals surface area contributed by atoms with Gasteiger partial charge in [0.15, 0.2) is 11.5 Å². The normalized spacial score (nSPS) is 21.4. The van der Waals surface area contributed by atoms with Gasteiger partial charge in [0.05, 0.1) is 11.8 Å². The monoisotopic (exact) mass is 138 g/mol. The first-order valence-corrected chi connectivity index (χ1v) is 2.94. The lowest BCUT2D eigenvalue weighted by atomic mass is 10.3. The van der Waals surface area contributed by atoms with Gasteiger partial charge in [-0.15, -0.1) is 0 Å². The van der Waals surface area contributed by atoms with Gasteiger partial charge in [-0.1, -0.05) is 0 Å². The van der Waals surface area contributed by atoms with Crippen LogP contribution in [0.4, 0.5) is 0 Å². The summed E-state index contributed by atoms with van der Waals surface area (Å²) < 4.78 is 9.84. The molecule has 2 aliphatic rings. The maximum atomic E-state index is 9.10. The number of hydrogen-bond acceptors (Lipinski definition) is 3. The van der Waals surface area contributed by atoms with Crippen LogP contribution in [0, 0.1) is 0 Å². The number of ether oxygens (including phenoxy) is 2. The molecule has 0 atom stereocenters. The maximum Gasteiger partial charge on any atom is 0.230 e. The molecular weight excluding hydrogens is 132 g/mol. The van der Waals surface area contributed by atoms with Crippen LogP contribution in [0.5, 0.6) is 0 Å². The Morgan fingerprint density at radius 1 is 1.40 bits per heavy atom. The molecule has 0 amide bonds. The van der Waals surface area contributed by atoms with E-state index in [1.807, 2.05) is 0 Å². The lowest BCUT2D eigenvalue weighted by molar-refractivity contribution is 0.0129. The second kappa shape index (κ2) is 1.80. The number of rotatable bonds is 0. The summed E-state index contributed by atoms with van der Waals surface area (Å²) in [5.41, 5.74) is 0.795. The zero-order valence-electron chi connectivity index (χ0n) is 5.20. The Hall–Kier alpha value is -1.38. The summed E-state index contributed by atoms with van der Waals surface area (Å²) >= 11 is 0. The standard InChI is InChI=1S/C7H6O3/c8-6-2-1-5-3-9-4-10-7(5)6/h1-3,8H,4H2. The fourth-order valence-electron chi connectivity index (χ4n) is 0.935. The molecule has 10 heavy (non-hydrogen) atoms. The average Bonchev–Trinajstić information content (AvgIpc) is 2.34. The highest BCUT2D eigenvalue weighted by Gasteiger charge is 2.18. The minimum atomic E-state index is 0.176. The summed E-state index contributed by atoms with van der Waals surface area (Å²) in [4.78, 5) is 0. The van der Waals surface area contributed by atoms with Gasteiger partial charge in [0.1, 0.15) is 0 Å². The highest BCUT2D eigenvalue weighted by Crippen LogP contribution is 2.26. The van der Waals surface area contributed by atoms with Gasteiger partial charge in [-0.2, -0.15) is 0 Å². The zero-order valence-corrected chi connectivity index (χ0v) is 5.20. The second-order valence-corrected chi connectivity index (χ2v) is 2.05. The summed E-state index contributed by atoms with van der Waals surface area (Å²) in [6.45, 7) is 0.185. The minimum Gasteiger partial charge on any atom is -0.504 e. The van der Waals surface area contributed by atoms with Crippen LogP contribution in [0.25, 0.3) is 0 Å². The van der Waals surface area contributed by atoms with E-state index in [2.05, 4.69) is 0 Å². The first-order chi connectivity index (χ1) is 4.88. The van der Waals surface area contributed by atoms with Crippen LogP contribution in [0.1, 0.15) is 0 Å². The summed E-state index contributed by atoms with van der Waals surface area (Å²) in [6.07, 6.45) is 4.89. The molecule has 0 aromatic carbocycles. The van der Waals surface area contributed by atoms with Crippen LogP contribution in [0.2, 0.25) is 0 Å². The van der Waals surface area contributed by atoms with E-state index in [9.17, 15) is 0 Å². The molecule has 0 saturated heterocycles. The number of hydrogen-bond donors (Lipinski definition) is 1. The Balaban J connectivity index is 2.44. The highest BCUT2D eigenvalue weighted by atomic mass is 16.7. The number of allylic oxidation sites excluding steroid dienone is 2. The van der Waals surface area contributed by atoms with Crippen LogP contribution >= 0.6 is 0 Å². The molecule has 2 rings (SSSR count). The third-order valence-corrected chi connectivity index (χ3v) is 1.40. The third-order valence-electron chi connectivity index (χ3n) is 1.40. The third kappa shape index (κ3) is 0.603.